The predicted molar refractivity (Wildman–Crippen MR) is 129 cm³/mol. The fraction of sp³-hybridized carbons (Fsp3) is 0. The molecule has 0 aliphatic carbocycles. The molecule has 0 saturated heterocycles. The monoisotopic (exact) mass is 379 g/mol. The van der Waals surface area contributed by atoms with Gasteiger partial charge >= 0.3 is 0 Å². The fourth-order valence-electron chi connectivity index (χ4n) is 4.79. The van der Waals surface area contributed by atoms with Gasteiger partial charge in [0, 0.05) is 17.8 Å². The van der Waals surface area contributed by atoms with Crippen LogP contribution in [0.4, 0.5) is 0 Å². The summed E-state index contributed by atoms with van der Waals surface area (Å²) in [6.07, 6.45) is 3.80. The lowest BCUT2D eigenvalue weighted by molar-refractivity contribution is 1.37. The van der Waals surface area contributed by atoms with Crippen LogP contribution in [0.15, 0.2) is 103 Å². The van der Waals surface area contributed by atoms with Gasteiger partial charge in [0.05, 0.1) is 0 Å². The third kappa shape index (κ3) is 2.33. The molecular weight excluding hydrogens is 362 g/mol. The summed E-state index contributed by atoms with van der Waals surface area (Å²) in [6, 6.07) is 33.7. The average molecular weight is 379 g/mol. The highest BCUT2D eigenvalue weighted by molar-refractivity contribution is 6.11. The molecule has 0 atom stereocenters. The number of hydrogen-bond donors (Lipinski definition) is 0. The van der Waals surface area contributed by atoms with E-state index in [2.05, 4.69) is 96.0 Å². The van der Waals surface area contributed by atoms with E-state index in [1.54, 1.807) is 0 Å². The molecule has 1 aromatic heterocycles. The Labute approximate surface area is 173 Å². The highest BCUT2D eigenvalue weighted by Crippen LogP contribution is 2.33. The summed E-state index contributed by atoms with van der Waals surface area (Å²) < 4.78 is 0. The topological polar surface area (TPSA) is 12.9 Å². The van der Waals surface area contributed by atoms with Crippen molar-refractivity contribution in [2.75, 3.05) is 0 Å². The molecule has 0 unspecified atom stereocenters. The van der Waals surface area contributed by atoms with Crippen LogP contribution < -0.4 is 0 Å². The first-order valence-corrected chi connectivity index (χ1v) is 10.3. The Morgan fingerprint density at radius 2 is 0.667 bits per heavy atom. The Balaban J connectivity index is 1.54. The lowest BCUT2D eigenvalue weighted by atomic mass is 9.95. The van der Waals surface area contributed by atoms with E-state index in [9.17, 15) is 0 Å². The second kappa shape index (κ2) is 5.77. The second-order valence-corrected chi connectivity index (χ2v) is 8.22. The van der Waals surface area contributed by atoms with Crippen LogP contribution in [0.25, 0.3) is 64.6 Å². The zero-order valence-corrected chi connectivity index (χ0v) is 16.3. The maximum absolute atomic E-state index is 4.27. The number of hydrogen-bond acceptors (Lipinski definition) is 1. The summed E-state index contributed by atoms with van der Waals surface area (Å²) in [5, 5.41) is 15.2. The number of rotatable bonds is 0. The van der Waals surface area contributed by atoms with Crippen molar-refractivity contribution >= 4 is 64.6 Å². The molecule has 1 heterocycles. The first-order chi connectivity index (χ1) is 14.8. The van der Waals surface area contributed by atoms with E-state index in [0.29, 0.717) is 0 Å². The minimum atomic E-state index is 1.18. The highest BCUT2D eigenvalue weighted by atomic mass is 14.6. The van der Waals surface area contributed by atoms with Crippen molar-refractivity contribution in [3.05, 3.63) is 103 Å². The van der Waals surface area contributed by atoms with Gasteiger partial charge in [0.15, 0.2) is 0 Å². The summed E-state index contributed by atoms with van der Waals surface area (Å²) in [6.45, 7) is 0. The van der Waals surface area contributed by atoms with Gasteiger partial charge in [0.25, 0.3) is 0 Å². The highest BCUT2D eigenvalue weighted by Gasteiger charge is 2.06. The first kappa shape index (κ1) is 15.9. The largest absolute Gasteiger partial charge is 0.264 e. The van der Waals surface area contributed by atoms with E-state index in [-0.39, 0.29) is 0 Å². The third-order valence-electron chi connectivity index (χ3n) is 6.33. The molecule has 1 heteroatoms. The Hall–Kier alpha value is -3.97. The van der Waals surface area contributed by atoms with E-state index in [1.165, 1.54) is 64.6 Å². The van der Waals surface area contributed by atoms with Gasteiger partial charge in [0.2, 0.25) is 0 Å². The Morgan fingerprint density at radius 3 is 1.10 bits per heavy atom. The standard InChI is InChI=1S/C29H17N/c1-2-4-19-8-22-11-25-14-27-15-28-16-29-17-30-6-5-20(29)9-23(28)12-26(27)13-24(25)10-21(22)7-18(19)3-1/h1-17H. The van der Waals surface area contributed by atoms with Crippen LogP contribution in [-0.4, -0.2) is 4.98 Å². The van der Waals surface area contributed by atoms with Gasteiger partial charge in [-0.2, -0.15) is 0 Å². The van der Waals surface area contributed by atoms with Crippen molar-refractivity contribution in [3.8, 4) is 0 Å². The van der Waals surface area contributed by atoms with Gasteiger partial charge in [-0.3, -0.25) is 4.98 Å². The van der Waals surface area contributed by atoms with Crippen LogP contribution in [-0.2, 0) is 0 Å². The maximum atomic E-state index is 4.27. The van der Waals surface area contributed by atoms with E-state index < -0.39 is 0 Å². The van der Waals surface area contributed by atoms with Crippen LogP contribution in [0.5, 0.6) is 0 Å². The van der Waals surface area contributed by atoms with Gasteiger partial charge in [-0.15, -0.1) is 0 Å². The van der Waals surface area contributed by atoms with Gasteiger partial charge in [-0.25, -0.2) is 0 Å². The zero-order chi connectivity index (χ0) is 19.7. The normalized spacial score (nSPS) is 12.0. The van der Waals surface area contributed by atoms with E-state index in [1.807, 2.05) is 12.4 Å². The number of fused-ring (bicyclic) bond motifs is 6. The molecule has 1 nitrogen and oxygen atoms in total. The summed E-state index contributed by atoms with van der Waals surface area (Å²) in [5.41, 5.74) is 0. The van der Waals surface area contributed by atoms with E-state index in [0.717, 1.165) is 0 Å². The first-order valence-electron chi connectivity index (χ1n) is 10.3. The molecular formula is C29H17N. The summed E-state index contributed by atoms with van der Waals surface area (Å²) in [5.74, 6) is 0. The van der Waals surface area contributed by atoms with Crippen molar-refractivity contribution in [1.29, 1.82) is 0 Å². The molecule has 0 fully saturated rings. The molecule has 0 aliphatic rings. The Bertz CT molecular complexity index is 1530. The van der Waals surface area contributed by atoms with Gasteiger partial charge in [-0.05, 0) is 126 Å². The van der Waals surface area contributed by atoms with Crippen molar-refractivity contribution in [2.24, 2.45) is 0 Å². The van der Waals surface area contributed by atoms with E-state index >= 15 is 0 Å². The fourth-order valence-corrected chi connectivity index (χ4v) is 4.79. The molecule has 0 spiro atoms. The molecule has 6 aromatic carbocycles. The van der Waals surface area contributed by atoms with Crippen molar-refractivity contribution in [2.45, 2.75) is 0 Å². The van der Waals surface area contributed by atoms with Crippen LogP contribution in [0.2, 0.25) is 0 Å². The summed E-state index contributed by atoms with van der Waals surface area (Å²) >= 11 is 0. The third-order valence-corrected chi connectivity index (χ3v) is 6.33. The molecule has 7 rings (SSSR count). The molecule has 0 bridgehead atoms. The summed E-state index contributed by atoms with van der Waals surface area (Å²) in [7, 11) is 0. The quantitative estimate of drug-likeness (QED) is 0.243. The molecule has 30 heavy (non-hydrogen) atoms. The SMILES string of the molecule is c1ccc2cc3cc4cc5cc6cc7cnccc7cc6cc5cc4cc3cc2c1. The molecule has 138 valence electrons. The number of benzene rings is 6. The van der Waals surface area contributed by atoms with Crippen LogP contribution in [0.1, 0.15) is 0 Å². The maximum Gasteiger partial charge on any atom is 0.0346 e. The van der Waals surface area contributed by atoms with Gasteiger partial charge in [-0.1, -0.05) is 24.3 Å². The number of nitrogens with zero attached hydrogens (tertiary/aromatic N) is 1. The van der Waals surface area contributed by atoms with Gasteiger partial charge < -0.3 is 0 Å². The van der Waals surface area contributed by atoms with Crippen LogP contribution in [0.3, 0.4) is 0 Å². The lowest BCUT2D eigenvalue weighted by Crippen LogP contribution is -1.82. The van der Waals surface area contributed by atoms with Gasteiger partial charge in [0.1, 0.15) is 0 Å². The average Bonchev–Trinajstić information content (AvgIpc) is 2.77. The smallest absolute Gasteiger partial charge is 0.0346 e. The van der Waals surface area contributed by atoms with Crippen molar-refractivity contribution in [3.63, 3.8) is 0 Å². The second-order valence-electron chi connectivity index (χ2n) is 8.22. The zero-order valence-electron chi connectivity index (χ0n) is 16.3. The minimum absolute atomic E-state index is 1.18. The molecule has 0 aliphatic heterocycles. The Morgan fingerprint density at radius 1 is 0.333 bits per heavy atom. The van der Waals surface area contributed by atoms with Crippen LogP contribution in [0, 0.1) is 0 Å². The molecule has 0 amide bonds. The summed E-state index contributed by atoms with van der Waals surface area (Å²) in [4.78, 5) is 4.27. The number of pyridine rings is 1. The van der Waals surface area contributed by atoms with E-state index in [4.69, 9.17) is 0 Å². The predicted octanol–water partition coefficient (Wildman–Crippen LogP) is 8.00. The number of aromatic nitrogens is 1. The Kier molecular flexibility index (Phi) is 3.06. The van der Waals surface area contributed by atoms with Crippen molar-refractivity contribution in [1.82, 2.24) is 4.98 Å². The van der Waals surface area contributed by atoms with Crippen molar-refractivity contribution < 1.29 is 0 Å². The minimum Gasteiger partial charge on any atom is -0.264 e. The molecule has 0 saturated carbocycles. The molecule has 7 aromatic rings. The molecule has 0 N–H and O–H groups in total. The van der Waals surface area contributed by atoms with Crippen LogP contribution >= 0.6 is 0 Å². The lowest BCUT2D eigenvalue weighted by Gasteiger charge is -2.09. The molecule has 0 radical (unpaired) electrons.